The Morgan fingerprint density at radius 3 is 2.67 bits per heavy atom. The maximum absolute atomic E-state index is 10.6. The zero-order valence-corrected chi connectivity index (χ0v) is 9.97. The molecule has 1 aliphatic rings. The van der Waals surface area contributed by atoms with Crippen LogP contribution in [0.25, 0.3) is 0 Å². The molecule has 5 nitrogen and oxygen atoms in total. The number of benzene rings is 1. The van der Waals surface area contributed by atoms with Crippen molar-refractivity contribution < 1.29 is 9.90 Å². The van der Waals surface area contributed by atoms with E-state index in [9.17, 15) is 4.79 Å². The summed E-state index contributed by atoms with van der Waals surface area (Å²) in [5.41, 5.74) is 1.61. The number of nitriles is 1. The quantitative estimate of drug-likeness (QED) is 0.832. The Morgan fingerprint density at radius 1 is 1.39 bits per heavy atom. The van der Waals surface area contributed by atoms with Gasteiger partial charge in [0.15, 0.2) is 0 Å². The van der Waals surface area contributed by atoms with Gasteiger partial charge in [0.05, 0.1) is 11.3 Å². The summed E-state index contributed by atoms with van der Waals surface area (Å²) >= 11 is 0. The molecular weight excluding hydrogens is 230 g/mol. The van der Waals surface area contributed by atoms with Crippen molar-refractivity contribution in [2.45, 2.75) is 18.9 Å². The van der Waals surface area contributed by atoms with Crippen LogP contribution in [0.1, 0.15) is 18.4 Å². The van der Waals surface area contributed by atoms with Gasteiger partial charge in [0, 0.05) is 19.1 Å². The number of rotatable bonds is 2. The maximum atomic E-state index is 10.6. The average Bonchev–Trinajstić information content (AvgIpc) is 2.39. The van der Waals surface area contributed by atoms with Crippen LogP contribution in [0.15, 0.2) is 24.3 Å². The minimum atomic E-state index is -0.967. The van der Waals surface area contributed by atoms with Crippen LogP contribution in [-0.2, 0) is 0 Å². The van der Waals surface area contributed by atoms with E-state index in [1.54, 1.807) is 6.07 Å². The highest BCUT2D eigenvalue weighted by molar-refractivity contribution is 5.65. The summed E-state index contributed by atoms with van der Waals surface area (Å²) in [6.07, 6.45) is 0.573. The highest BCUT2D eigenvalue weighted by Crippen LogP contribution is 2.23. The molecule has 1 aliphatic heterocycles. The van der Waals surface area contributed by atoms with E-state index in [0.717, 1.165) is 31.6 Å². The first kappa shape index (κ1) is 12.2. The van der Waals surface area contributed by atoms with E-state index in [0.29, 0.717) is 5.56 Å². The molecule has 0 bridgehead atoms. The van der Waals surface area contributed by atoms with Crippen molar-refractivity contribution in [2.24, 2.45) is 0 Å². The SMILES string of the molecule is N#Cc1ccccc1N1CCC(NC(=O)O)CC1. The molecule has 0 atom stereocenters. The number of carboxylic acid groups (broad SMARTS) is 1. The molecular formula is C13H15N3O2. The first-order valence-corrected chi connectivity index (χ1v) is 5.94. The molecule has 1 saturated heterocycles. The van der Waals surface area contributed by atoms with E-state index >= 15 is 0 Å². The summed E-state index contributed by atoms with van der Waals surface area (Å²) in [7, 11) is 0. The van der Waals surface area contributed by atoms with Crippen LogP contribution >= 0.6 is 0 Å². The van der Waals surface area contributed by atoms with Crippen molar-refractivity contribution in [2.75, 3.05) is 18.0 Å². The van der Waals surface area contributed by atoms with Crippen LogP contribution in [0.2, 0.25) is 0 Å². The fourth-order valence-corrected chi connectivity index (χ4v) is 2.28. The van der Waals surface area contributed by atoms with E-state index in [2.05, 4.69) is 16.3 Å². The Bertz CT molecular complexity index is 473. The lowest BCUT2D eigenvalue weighted by atomic mass is 10.0. The van der Waals surface area contributed by atoms with E-state index in [1.807, 2.05) is 18.2 Å². The van der Waals surface area contributed by atoms with Gasteiger partial charge in [0.2, 0.25) is 0 Å². The molecule has 2 N–H and O–H groups in total. The van der Waals surface area contributed by atoms with Gasteiger partial charge in [-0.3, -0.25) is 0 Å². The van der Waals surface area contributed by atoms with Crippen LogP contribution in [0.5, 0.6) is 0 Å². The average molecular weight is 245 g/mol. The summed E-state index contributed by atoms with van der Waals surface area (Å²) in [5.74, 6) is 0. The minimum Gasteiger partial charge on any atom is -0.465 e. The predicted octanol–water partition coefficient (Wildman–Crippen LogP) is 1.79. The number of hydrogen-bond donors (Lipinski definition) is 2. The van der Waals surface area contributed by atoms with Gasteiger partial charge in [-0.1, -0.05) is 12.1 Å². The van der Waals surface area contributed by atoms with Crippen molar-refractivity contribution in [1.29, 1.82) is 5.26 Å². The molecule has 0 radical (unpaired) electrons. The fraction of sp³-hybridized carbons (Fsp3) is 0.385. The molecule has 0 aliphatic carbocycles. The maximum Gasteiger partial charge on any atom is 0.404 e. The third-order valence-corrected chi connectivity index (χ3v) is 3.19. The topological polar surface area (TPSA) is 76.4 Å². The van der Waals surface area contributed by atoms with Crippen LogP contribution in [0.4, 0.5) is 10.5 Å². The largest absolute Gasteiger partial charge is 0.465 e. The van der Waals surface area contributed by atoms with E-state index in [-0.39, 0.29) is 6.04 Å². The van der Waals surface area contributed by atoms with Crippen molar-refractivity contribution in [3.8, 4) is 6.07 Å². The number of nitrogens with one attached hydrogen (secondary N) is 1. The number of para-hydroxylation sites is 1. The van der Waals surface area contributed by atoms with Crippen molar-refractivity contribution in [3.63, 3.8) is 0 Å². The van der Waals surface area contributed by atoms with Gasteiger partial charge in [0.1, 0.15) is 6.07 Å². The number of nitrogens with zero attached hydrogens (tertiary/aromatic N) is 2. The van der Waals surface area contributed by atoms with E-state index < -0.39 is 6.09 Å². The fourth-order valence-electron chi connectivity index (χ4n) is 2.28. The highest BCUT2D eigenvalue weighted by Gasteiger charge is 2.21. The molecule has 94 valence electrons. The molecule has 0 aromatic heterocycles. The van der Waals surface area contributed by atoms with Gasteiger partial charge in [-0.25, -0.2) is 4.79 Å². The molecule has 0 saturated carbocycles. The normalized spacial score (nSPS) is 16.1. The Morgan fingerprint density at radius 2 is 2.06 bits per heavy atom. The van der Waals surface area contributed by atoms with Crippen molar-refractivity contribution >= 4 is 11.8 Å². The first-order valence-electron chi connectivity index (χ1n) is 5.94. The number of hydrogen-bond acceptors (Lipinski definition) is 3. The summed E-state index contributed by atoms with van der Waals surface area (Å²) in [5, 5.41) is 20.2. The summed E-state index contributed by atoms with van der Waals surface area (Å²) in [6.45, 7) is 1.54. The van der Waals surface area contributed by atoms with Crippen LogP contribution in [0, 0.1) is 11.3 Å². The van der Waals surface area contributed by atoms with Crippen LogP contribution in [-0.4, -0.2) is 30.3 Å². The second-order valence-electron chi connectivity index (χ2n) is 4.34. The van der Waals surface area contributed by atoms with Gasteiger partial charge in [0.25, 0.3) is 0 Å². The van der Waals surface area contributed by atoms with E-state index in [1.165, 1.54) is 0 Å². The number of carbonyl (C=O) groups is 1. The molecule has 1 fully saturated rings. The Kier molecular flexibility index (Phi) is 3.68. The molecule has 18 heavy (non-hydrogen) atoms. The second kappa shape index (κ2) is 5.41. The lowest BCUT2D eigenvalue weighted by molar-refractivity contribution is 0.187. The lowest BCUT2D eigenvalue weighted by Gasteiger charge is -2.33. The highest BCUT2D eigenvalue weighted by atomic mass is 16.4. The van der Waals surface area contributed by atoms with E-state index in [4.69, 9.17) is 10.4 Å². The molecule has 1 heterocycles. The molecule has 1 aromatic rings. The van der Waals surface area contributed by atoms with Crippen molar-refractivity contribution in [1.82, 2.24) is 5.32 Å². The molecule has 1 amide bonds. The number of amides is 1. The van der Waals surface area contributed by atoms with Crippen LogP contribution in [0.3, 0.4) is 0 Å². The summed E-state index contributed by atoms with van der Waals surface area (Å²) < 4.78 is 0. The third-order valence-electron chi connectivity index (χ3n) is 3.19. The Labute approximate surface area is 106 Å². The smallest absolute Gasteiger partial charge is 0.404 e. The zero-order valence-electron chi connectivity index (χ0n) is 9.97. The minimum absolute atomic E-state index is 0.0213. The van der Waals surface area contributed by atoms with Crippen LogP contribution < -0.4 is 10.2 Å². The predicted molar refractivity (Wildman–Crippen MR) is 67.6 cm³/mol. The van der Waals surface area contributed by atoms with Gasteiger partial charge in [-0.15, -0.1) is 0 Å². The summed E-state index contributed by atoms with van der Waals surface area (Å²) in [4.78, 5) is 12.7. The van der Waals surface area contributed by atoms with Gasteiger partial charge < -0.3 is 15.3 Å². The zero-order chi connectivity index (χ0) is 13.0. The van der Waals surface area contributed by atoms with Gasteiger partial charge in [-0.05, 0) is 25.0 Å². The molecule has 0 spiro atoms. The van der Waals surface area contributed by atoms with Crippen molar-refractivity contribution in [3.05, 3.63) is 29.8 Å². The first-order chi connectivity index (χ1) is 8.70. The monoisotopic (exact) mass is 245 g/mol. The molecule has 2 rings (SSSR count). The lowest BCUT2D eigenvalue weighted by Crippen LogP contribution is -2.44. The standard InChI is InChI=1S/C13H15N3O2/c14-9-10-3-1-2-4-12(10)16-7-5-11(6-8-16)15-13(17)18/h1-4,11,15H,5-8H2,(H,17,18). The molecule has 5 heteroatoms. The third kappa shape index (κ3) is 2.72. The Balaban J connectivity index is 2.01. The second-order valence-corrected chi connectivity index (χ2v) is 4.34. The number of anilines is 1. The Hall–Kier alpha value is -2.22. The molecule has 0 unspecified atom stereocenters. The van der Waals surface area contributed by atoms with Gasteiger partial charge >= 0.3 is 6.09 Å². The number of piperidine rings is 1. The van der Waals surface area contributed by atoms with Gasteiger partial charge in [-0.2, -0.15) is 5.26 Å². The summed E-state index contributed by atoms with van der Waals surface area (Å²) in [6, 6.07) is 9.71. The molecule has 1 aromatic carbocycles.